The Bertz CT molecular complexity index is 743. The van der Waals surface area contributed by atoms with E-state index >= 15 is 0 Å². The second-order valence-corrected chi connectivity index (χ2v) is 8.59. The Kier molecular flexibility index (Phi) is 5.89. The van der Waals surface area contributed by atoms with Crippen LogP contribution in [0.1, 0.15) is 12.0 Å². The van der Waals surface area contributed by atoms with Gasteiger partial charge in [0.05, 0.1) is 17.9 Å². The molecule has 0 unspecified atom stereocenters. The van der Waals surface area contributed by atoms with Crippen molar-refractivity contribution >= 4 is 60.9 Å². The number of hydrogen-bond acceptors (Lipinski definition) is 3. The summed E-state index contributed by atoms with van der Waals surface area (Å²) in [5.74, 6) is 1.08. The fraction of sp³-hybridized carbons (Fsp3) is 0.278. The molecular formula is C18H18Br2N2OS. The minimum atomic E-state index is -0.0121. The highest BCUT2D eigenvalue weighted by Crippen LogP contribution is 2.34. The molecule has 1 heterocycles. The number of halogens is 2. The zero-order valence-corrected chi connectivity index (χ0v) is 17.3. The first kappa shape index (κ1) is 17.8. The highest BCUT2D eigenvalue weighted by atomic mass is 79.9. The lowest BCUT2D eigenvalue weighted by Crippen LogP contribution is -2.34. The van der Waals surface area contributed by atoms with E-state index in [1.807, 2.05) is 36.9 Å². The van der Waals surface area contributed by atoms with E-state index in [1.165, 1.54) is 4.90 Å². The Morgan fingerprint density at radius 1 is 1.25 bits per heavy atom. The molecule has 3 nitrogen and oxygen atoms in total. The lowest BCUT2D eigenvalue weighted by Gasteiger charge is -2.24. The van der Waals surface area contributed by atoms with E-state index in [-0.39, 0.29) is 5.91 Å². The number of anilines is 2. The van der Waals surface area contributed by atoms with Crippen LogP contribution in [0.25, 0.3) is 0 Å². The molecule has 2 aromatic carbocycles. The van der Waals surface area contributed by atoms with Crippen molar-refractivity contribution in [2.45, 2.75) is 18.2 Å². The van der Waals surface area contributed by atoms with Crippen LogP contribution < -0.4 is 10.2 Å². The molecule has 2 aromatic rings. The average molecular weight is 470 g/mol. The van der Waals surface area contributed by atoms with Crippen LogP contribution >= 0.6 is 43.6 Å². The van der Waals surface area contributed by atoms with Crippen molar-refractivity contribution in [1.29, 1.82) is 0 Å². The lowest BCUT2D eigenvalue weighted by molar-refractivity contribution is -0.115. The van der Waals surface area contributed by atoms with Gasteiger partial charge in [-0.1, -0.05) is 12.1 Å². The van der Waals surface area contributed by atoms with Crippen LogP contribution in [0.4, 0.5) is 11.4 Å². The van der Waals surface area contributed by atoms with Crippen LogP contribution in [-0.2, 0) is 4.79 Å². The summed E-state index contributed by atoms with van der Waals surface area (Å²) in [5.41, 5.74) is 3.06. The number of rotatable bonds is 3. The number of aryl methyl sites for hydroxylation is 1. The largest absolute Gasteiger partial charge is 0.361 e. The average Bonchev–Trinajstić information content (AvgIpc) is 2.73. The van der Waals surface area contributed by atoms with Gasteiger partial charge in [0.1, 0.15) is 0 Å². The normalized spacial score (nSPS) is 14.0. The first-order valence-corrected chi connectivity index (χ1v) is 10.3. The Balaban J connectivity index is 1.76. The van der Waals surface area contributed by atoms with Gasteiger partial charge < -0.3 is 10.2 Å². The van der Waals surface area contributed by atoms with Crippen molar-refractivity contribution in [2.75, 3.05) is 29.1 Å². The standard InChI is InChI=1S/C18H18Br2N2OS/c1-12-9-13(19)18(14(20)10-12)21-17(23)11-22-7-4-8-24-16-6-3-2-5-15(16)22/h2-3,5-6,9-10H,4,7-8,11H2,1H3,(H,21,23). The Hall–Kier alpha value is -0.980. The molecule has 1 N–H and O–H groups in total. The maximum atomic E-state index is 12.6. The summed E-state index contributed by atoms with van der Waals surface area (Å²) < 4.78 is 1.77. The molecule has 0 saturated carbocycles. The lowest BCUT2D eigenvalue weighted by atomic mass is 10.2. The van der Waals surface area contributed by atoms with Crippen molar-refractivity contribution in [3.63, 3.8) is 0 Å². The van der Waals surface area contributed by atoms with Gasteiger partial charge in [-0.05, 0) is 80.8 Å². The molecule has 0 aromatic heterocycles. The van der Waals surface area contributed by atoms with E-state index in [2.05, 4.69) is 60.3 Å². The van der Waals surface area contributed by atoms with Gasteiger partial charge in [-0.2, -0.15) is 0 Å². The fourth-order valence-corrected chi connectivity index (χ4v) is 5.36. The predicted octanol–water partition coefficient (Wildman–Crippen LogP) is 5.46. The molecule has 0 aliphatic carbocycles. The number of nitrogens with one attached hydrogen (secondary N) is 1. The van der Waals surface area contributed by atoms with Gasteiger partial charge >= 0.3 is 0 Å². The minimum Gasteiger partial charge on any atom is -0.361 e. The van der Waals surface area contributed by atoms with E-state index in [4.69, 9.17) is 0 Å². The van der Waals surface area contributed by atoms with Crippen LogP contribution in [-0.4, -0.2) is 24.7 Å². The molecule has 1 aliphatic heterocycles. The molecule has 0 saturated heterocycles. The van der Waals surface area contributed by atoms with Gasteiger partial charge in [0, 0.05) is 20.4 Å². The number of carbonyl (C=O) groups is 1. The maximum absolute atomic E-state index is 12.6. The Morgan fingerprint density at radius 3 is 2.71 bits per heavy atom. The van der Waals surface area contributed by atoms with E-state index < -0.39 is 0 Å². The minimum absolute atomic E-state index is 0.0121. The third kappa shape index (κ3) is 4.16. The molecule has 1 aliphatic rings. The Labute approximate surface area is 163 Å². The SMILES string of the molecule is Cc1cc(Br)c(NC(=O)CN2CCCSc3ccccc32)c(Br)c1. The van der Waals surface area contributed by atoms with Crippen molar-refractivity contribution in [1.82, 2.24) is 0 Å². The Morgan fingerprint density at radius 2 is 1.96 bits per heavy atom. The molecule has 3 rings (SSSR count). The summed E-state index contributed by atoms with van der Waals surface area (Å²) in [4.78, 5) is 16.0. The molecule has 0 bridgehead atoms. The van der Waals surface area contributed by atoms with Crippen molar-refractivity contribution < 1.29 is 4.79 Å². The first-order valence-electron chi connectivity index (χ1n) is 7.77. The molecule has 0 spiro atoms. The van der Waals surface area contributed by atoms with E-state index in [0.29, 0.717) is 6.54 Å². The van der Waals surface area contributed by atoms with Gasteiger partial charge in [-0.15, -0.1) is 11.8 Å². The number of benzene rings is 2. The number of carbonyl (C=O) groups excluding carboxylic acids is 1. The number of thioether (sulfide) groups is 1. The van der Waals surface area contributed by atoms with Crippen molar-refractivity contribution in [2.24, 2.45) is 0 Å². The molecule has 24 heavy (non-hydrogen) atoms. The highest BCUT2D eigenvalue weighted by Gasteiger charge is 2.19. The monoisotopic (exact) mass is 468 g/mol. The number of nitrogens with zero attached hydrogens (tertiary/aromatic N) is 1. The quantitative estimate of drug-likeness (QED) is 0.647. The highest BCUT2D eigenvalue weighted by molar-refractivity contribution is 9.11. The second kappa shape index (κ2) is 7.93. The molecule has 0 radical (unpaired) electrons. The zero-order chi connectivity index (χ0) is 17.1. The van der Waals surface area contributed by atoms with E-state index in [9.17, 15) is 4.79 Å². The van der Waals surface area contributed by atoms with Gasteiger partial charge in [0.2, 0.25) is 5.91 Å². The fourth-order valence-electron chi connectivity index (χ4n) is 2.73. The molecular weight excluding hydrogens is 452 g/mol. The summed E-state index contributed by atoms with van der Waals surface area (Å²) in [6, 6.07) is 12.3. The molecule has 0 atom stereocenters. The van der Waals surface area contributed by atoms with E-state index in [0.717, 1.165) is 44.6 Å². The third-order valence-corrected chi connectivity index (χ3v) is 6.22. The van der Waals surface area contributed by atoms with Crippen LogP contribution in [0.5, 0.6) is 0 Å². The van der Waals surface area contributed by atoms with Crippen LogP contribution in [0.3, 0.4) is 0 Å². The summed E-state index contributed by atoms with van der Waals surface area (Å²) in [5, 5.41) is 3.02. The van der Waals surface area contributed by atoms with Crippen molar-refractivity contribution in [3.05, 3.63) is 50.9 Å². The smallest absolute Gasteiger partial charge is 0.243 e. The number of hydrogen-bond donors (Lipinski definition) is 1. The summed E-state index contributed by atoms with van der Waals surface area (Å²) in [6.45, 7) is 3.27. The molecule has 0 fully saturated rings. The van der Waals surface area contributed by atoms with Crippen LogP contribution in [0, 0.1) is 6.92 Å². The molecule has 1 amide bonds. The summed E-state index contributed by atoms with van der Waals surface area (Å²) >= 11 is 8.92. The molecule has 6 heteroatoms. The second-order valence-electron chi connectivity index (χ2n) is 5.74. The van der Waals surface area contributed by atoms with Crippen molar-refractivity contribution in [3.8, 4) is 0 Å². The summed E-state index contributed by atoms with van der Waals surface area (Å²) in [6.07, 6.45) is 1.07. The zero-order valence-electron chi connectivity index (χ0n) is 13.3. The predicted molar refractivity (Wildman–Crippen MR) is 109 cm³/mol. The van der Waals surface area contributed by atoms with Gasteiger partial charge in [0.25, 0.3) is 0 Å². The summed E-state index contributed by atoms with van der Waals surface area (Å²) in [7, 11) is 0. The first-order chi connectivity index (χ1) is 11.5. The van der Waals surface area contributed by atoms with Crippen LogP contribution in [0.2, 0.25) is 0 Å². The van der Waals surface area contributed by atoms with Gasteiger partial charge in [-0.3, -0.25) is 4.79 Å². The maximum Gasteiger partial charge on any atom is 0.243 e. The third-order valence-electron chi connectivity index (χ3n) is 3.82. The van der Waals surface area contributed by atoms with Crippen LogP contribution in [0.15, 0.2) is 50.2 Å². The topological polar surface area (TPSA) is 32.3 Å². The van der Waals surface area contributed by atoms with E-state index in [1.54, 1.807) is 0 Å². The van der Waals surface area contributed by atoms with Gasteiger partial charge in [-0.25, -0.2) is 0 Å². The number of fused-ring (bicyclic) bond motifs is 1. The molecule has 126 valence electrons. The number of amides is 1. The van der Waals surface area contributed by atoms with Gasteiger partial charge in [0.15, 0.2) is 0 Å². The number of para-hydroxylation sites is 1.